The summed E-state index contributed by atoms with van der Waals surface area (Å²) in [6.45, 7) is 2.22. The first-order valence-electron chi connectivity index (χ1n) is 7.60. The summed E-state index contributed by atoms with van der Waals surface area (Å²) >= 11 is 0. The third-order valence-corrected chi connectivity index (χ3v) is 4.42. The van der Waals surface area contributed by atoms with Crippen molar-refractivity contribution in [3.8, 4) is 0 Å². The number of anilines is 1. The maximum atomic E-state index is 9.47. The average Bonchev–Trinajstić information content (AvgIpc) is 2.53. The highest BCUT2D eigenvalue weighted by molar-refractivity contribution is 5.92. The maximum Gasteiger partial charge on any atom is 0.136 e. The van der Waals surface area contributed by atoms with Crippen LogP contribution in [0.4, 0.5) is 5.82 Å². The van der Waals surface area contributed by atoms with Crippen LogP contribution in [-0.2, 0) is 6.61 Å². The Morgan fingerprint density at radius 1 is 1.38 bits per heavy atom. The van der Waals surface area contributed by atoms with Crippen LogP contribution in [0.1, 0.15) is 18.5 Å². The predicted octanol–water partition coefficient (Wildman–Crippen LogP) is 2.26. The Kier molecular flexibility index (Phi) is 4.08. The molecule has 2 heterocycles. The molecule has 3 rings (SSSR count). The number of aliphatic hydroxyl groups excluding tert-OH is 1. The lowest BCUT2D eigenvalue weighted by molar-refractivity contribution is 0.247. The van der Waals surface area contributed by atoms with Gasteiger partial charge in [0.25, 0.3) is 0 Å². The smallest absolute Gasteiger partial charge is 0.136 e. The van der Waals surface area contributed by atoms with Gasteiger partial charge in [-0.1, -0.05) is 24.3 Å². The number of hydrogen-bond acceptors (Lipinski definition) is 4. The van der Waals surface area contributed by atoms with Crippen molar-refractivity contribution in [2.75, 3.05) is 32.1 Å². The Hall–Kier alpha value is -1.65. The van der Waals surface area contributed by atoms with Gasteiger partial charge in [-0.05, 0) is 37.9 Å². The standard InChI is InChI=1S/C17H23N3O/c1-19-9-5-7-15(11-19)20(2)17-16-8-4-3-6-13(16)10-14(12-21)18-17/h3-4,6,8,10,15,21H,5,7,9,11-12H2,1-2H3. The molecule has 1 saturated heterocycles. The van der Waals surface area contributed by atoms with Crippen LogP contribution in [0.2, 0.25) is 0 Å². The Labute approximate surface area is 126 Å². The number of nitrogens with zero attached hydrogens (tertiary/aromatic N) is 3. The van der Waals surface area contributed by atoms with Crippen LogP contribution >= 0.6 is 0 Å². The number of likely N-dealkylation sites (N-methyl/N-ethyl adjacent to an activating group) is 2. The zero-order valence-electron chi connectivity index (χ0n) is 12.8. The van der Waals surface area contributed by atoms with Gasteiger partial charge < -0.3 is 14.9 Å². The molecule has 1 aromatic carbocycles. The van der Waals surface area contributed by atoms with Gasteiger partial charge in [0.15, 0.2) is 0 Å². The highest BCUT2D eigenvalue weighted by atomic mass is 16.3. The Bertz CT molecular complexity index is 628. The van der Waals surface area contributed by atoms with E-state index >= 15 is 0 Å². The van der Waals surface area contributed by atoms with Gasteiger partial charge in [-0.25, -0.2) is 4.98 Å². The first-order chi connectivity index (χ1) is 10.2. The fraction of sp³-hybridized carbons (Fsp3) is 0.471. The molecule has 1 aromatic heterocycles. The molecule has 2 aromatic rings. The van der Waals surface area contributed by atoms with Crippen LogP contribution in [0.3, 0.4) is 0 Å². The van der Waals surface area contributed by atoms with Gasteiger partial charge in [-0.3, -0.25) is 0 Å². The summed E-state index contributed by atoms with van der Waals surface area (Å²) in [5.41, 5.74) is 0.736. The largest absolute Gasteiger partial charge is 0.390 e. The summed E-state index contributed by atoms with van der Waals surface area (Å²) in [6.07, 6.45) is 2.42. The number of rotatable bonds is 3. The van der Waals surface area contributed by atoms with E-state index in [9.17, 15) is 5.11 Å². The third-order valence-electron chi connectivity index (χ3n) is 4.42. The minimum atomic E-state index is -0.0176. The number of benzene rings is 1. The Morgan fingerprint density at radius 3 is 2.95 bits per heavy atom. The van der Waals surface area contributed by atoms with E-state index in [0.717, 1.165) is 28.8 Å². The normalized spacial score (nSPS) is 19.9. The van der Waals surface area contributed by atoms with Crippen LogP contribution in [-0.4, -0.2) is 48.2 Å². The van der Waals surface area contributed by atoms with Crippen LogP contribution in [0.5, 0.6) is 0 Å². The van der Waals surface area contributed by atoms with E-state index in [-0.39, 0.29) is 6.61 Å². The number of fused-ring (bicyclic) bond motifs is 1. The molecule has 1 aliphatic heterocycles. The Morgan fingerprint density at radius 2 is 2.19 bits per heavy atom. The second kappa shape index (κ2) is 6.00. The van der Waals surface area contributed by atoms with Crippen LogP contribution < -0.4 is 4.90 Å². The van der Waals surface area contributed by atoms with E-state index in [0.29, 0.717) is 6.04 Å². The van der Waals surface area contributed by atoms with Gasteiger partial charge in [0, 0.05) is 25.0 Å². The summed E-state index contributed by atoms with van der Waals surface area (Å²) in [5.74, 6) is 0.984. The molecule has 0 spiro atoms. The lowest BCUT2D eigenvalue weighted by atomic mass is 10.0. The molecule has 1 aliphatic rings. The van der Waals surface area contributed by atoms with Crippen molar-refractivity contribution in [3.63, 3.8) is 0 Å². The average molecular weight is 285 g/mol. The lowest BCUT2D eigenvalue weighted by Gasteiger charge is -2.37. The van der Waals surface area contributed by atoms with E-state index in [1.54, 1.807) is 0 Å². The molecular formula is C17H23N3O. The topological polar surface area (TPSA) is 39.6 Å². The number of likely N-dealkylation sites (tertiary alicyclic amines) is 1. The quantitative estimate of drug-likeness (QED) is 0.939. The highest BCUT2D eigenvalue weighted by Gasteiger charge is 2.23. The van der Waals surface area contributed by atoms with Gasteiger partial charge in [-0.2, -0.15) is 0 Å². The molecule has 21 heavy (non-hydrogen) atoms. The molecular weight excluding hydrogens is 262 g/mol. The zero-order valence-corrected chi connectivity index (χ0v) is 12.8. The second-order valence-electron chi connectivity index (χ2n) is 5.99. The van der Waals surface area contributed by atoms with Crippen LogP contribution in [0.15, 0.2) is 30.3 Å². The van der Waals surface area contributed by atoms with Gasteiger partial charge in [0.1, 0.15) is 5.82 Å². The molecule has 1 N–H and O–H groups in total. The van der Waals surface area contributed by atoms with Crippen molar-refractivity contribution in [3.05, 3.63) is 36.0 Å². The SMILES string of the molecule is CN1CCCC(N(C)c2nc(CO)cc3ccccc23)C1. The van der Waals surface area contributed by atoms with Gasteiger partial charge >= 0.3 is 0 Å². The molecule has 1 fully saturated rings. The number of piperidine rings is 1. The van der Waals surface area contributed by atoms with Gasteiger partial charge in [0.05, 0.1) is 12.3 Å². The summed E-state index contributed by atoms with van der Waals surface area (Å²) in [5, 5.41) is 11.8. The molecule has 0 radical (unpaired) electrons. The van der Waals surface area contributed by atoms with E-state index < -0.39 is 0 Å². The van der Waals surface area contributed by atoms with Crippen molar-refractivity contribution < 1.29 is 5.11 Å². The third kappa shape index (κ3) is 2.87. The highest BCUT2D eigenvalue weighted by Crippen LogP contribution is 2.28. The molecule has 1 unspecified atom stereocenters. The number of aliphatic hydroxyl groups is 1. The molecule has 0 saturated carbocycles. The minimum Gasteiger partial charge on any atom is -0.390 e. The van der Waals surface area contributed by atoms with Crippen molar-refractivity contribution in [1.82, 2.24) is 9.88 Å². The molecule has 112 valence electrons. The number of pyridine rings is 1. The van der Waals surface area contributed by atoms with E-state index in [1.807, 2.05) is 18.2 Å². The second-order valence-corrected chi connectivity index (χ2v) is 5.99. The predicted molar refractivity (Wildman–Crippen MR) is 86.6 cm³/mol. The first kappa shape index (κ1) is 14.3. The van der Waals surface area contributed by atoms with Crippen molar-refractivity contribution >= 4 is 16.6 Å². The van der Waals surface area contributed by atoms with Crippen molar-refractivity contribution in [2.24, 2.45) is 0 Å². The number of aromatic nitrogens is 1. The summed E-state index contributed by atoms with van der Waals surface area (Å²) < 4.78 is 0. The molecule has 4 heteroatoms. The first-order valence-corrected chi connectivity index (χ1v) is 7.60. The maximum absolute atomic E-state index is 9.47. The molecule has 4 nitrogen and oxygen atoms in total. The van der Waals surface area contributed by atoms with E-state index in [1.165, 1.54) is 19.4 Å². The van der Waals surface area contributed by atoms with Crippen molar-refractivity contribution in [2.45, 2.75) is 25.5 Å². The fourth-order valence-electron chi connectivity index (χ4n) is 3.21. The van der Waals surface area contributed by atoms with Crippen molar-refractivity contribution in [1.29, 1.82) is 0 Å². The number of hydrogen-bond donors (Lipinski definition) is 1. The monoisotopic (exact) mass is 285 g/mol. The molecule has 0 amide bonds. The zero-order chi connectivity index (χ0) is 14.8. The van der Waals surface area contributed by atoms with Crippen LogP contribution in [0.25, 0.3) is 10.8 Å². The summed E-state index contributed by atoms with van der Waals surface area (Å²) in [7, 11) is 4.30. The molecule has 1 atom stereocenters. The van der Waals surface area contributed by atoms with Gasteiger partial charge in [-0.15, -0.1) is 0 Å². The van der Waals surface area contributed by atoms with E-state index in [4.69, 9.17) is 0 Å². The van der Waals surface area contributed by atoms with E-state index in [2.05, 4.69) is 41.0 Å². The minimum absolute atomic E-state index is 0.0176. The summed E-state index contributed by atoms with van der Waals surface area (Å²) in [6, 6.07) is 10.7. The Balaban J connectivity index is 2.01. The molecule has 0 aliphatic carbocycles. The lowest BCUT2D eigenvalue weighted by Crippen LogP contribution is -2.45. The van der Waals surface area contributed by atoms with Gasteiger partial charge in [0.2, 0.25) is 0 Å². The van der Waals surface area contributed by atoms with Crippen LogP contribution in [0, 0.1) is 0 Å². The summed E-state index contributed by atoms with van der Waals surface area (Å²) in [4.78, 5) is 9.34. The molecule has 0 bridgehead atoms. The fourth-order valence-corrected chi connectivity index (χ4v) is 3.21.